The fourth-order valence-electron chi connectivity index (χ4n) is 3.72. The number of ether oxygens (including phenoxy) is 1. The van der Waals surface area contributed by atoms with Crippen LogP contribution in [-0.4, -0.2) is 35.7 Å². The van der Waals surface area contributed by atoms with E-state index in [1.54, 1.807) is 66.5 Å². The van der Waals surface area contributed by atoms with Gasteiger partial charge in [-0.05, 0) is 61.2 Å². The molecule has 32 heavy (non-hydrogen) atoms. The highest BCUT2D eigenvalue weighted by atomic mass is 32.2. The molecule has 0 aliphatic rings. The molecule has 0 radical (unpaired) electrons. The van der Waals surface area contributed by atoms with E-state index in [0.29, 0.717) is 29.9 Å². The van der Waals surface area contributed by atoms with Gasteiger partial charge in [-0.1, -0.05) is 12.1 Å². The maximum Gasteiger partial charge on any atom is 0.233 e. The molecule has 2 heterocycles. The van der Waals surface area contributed by atoms with Crippen molar-refractivity contribution < 1.29 is 17.9 Å². The van der Waals surface area contributed by atoms with E-state index in [-0.39, 0.29) is 15.6 Å². The molecule has 4 aromatic rings. The first-order chi connectivity index (χ1) is 15.3. The topological polar surface area (TPSA) is 90.6 Å². The fraction of sp³-hybridized carbons (Fsp3) is 0.208. The lowest BCUT2D eigenvalue weighted by Gasteiger charge is -2.12. The number of carbonyl (C=O) groups excluding carboxylic acids is 1. The maximum atomic E-state index is 13.1. The average Bonchev–Trinajstić information content (AvgIpc) is 3.25. The Morgan fingerprint density at radius 1 is 1.03 bits per heavy atom. The third-order valence-electron chi connectivity index (χ3n) is 5.39. The lowest BCUT2D eigenvalue weighted by atomic mass is 10.0. The summed E-state index contributed by atoms with van der Waals surface area (Å²) in [5, 5.41) is 0. The van der Waals surface area contributed by atoms with Crippen molar-refractivity contribution in [2.75, 3.05) is 7.11 Å². The molecule has 0 bridgehead atoms. The summed E-state index contributed by atoms with van der Waals surface area (Å²) in [4.78, 5) is 21.2. The van der Waals surface area contributed by atoms with Gasteiger partial charge in [0.2, 0.25) is 15.6 Å². The van der Waals surface area contributed by atoms with E-state index in [2.05, 4.69) is 9.97 Å². The number of aromatic nitrogens is 3. The molecule has 2 aromatic carbocycles. The smallest absolute Gasteiger partial charge is 0.233 e. The quantitative estimate of drug-likeness (QED) is 0.396. The van der Waals surface area contributed by atoms with Gasteiger partial charge in [0, 0.05) is 31.2 Å². The number of hydrogen-bond donors (Lipinski definition) is 0. The Morgan fingerprint density at radius 2 is 1.72 bits per heavy atom. The van der Waals surface area contributed by atoms with Gasteiger partial charge in [-0.3, -0.25) is 9.20 Å². The molecule has 0 saturated heterocycles. The van der Waals surface area contributed by atoms with Crippen LogP contribution in [0.2, 0.25) is 0 Å². The monoisotopic (exact) mass is 449 g/mol. The van der Waals surface area contributed by atoms with Crippen LogP contribution in [0.25, 0.3) is 5.78 Å². The molecule has 7 nitrogen and oxygen atoms in total. The summed E-state index contributed by atoms with van der Waals surface area (Å²) in [6, 6.07) is 9.92. The molecule has 0 saturated carbocycles. The predicted octanol–water partition coefficient (Wildman–Crippen LogP) is 4.00. The zero-order valence-corrected chi connectivity index (χ0v) is 18.9. The minimum Gasteiger partial charge on any atom is -0.496 e. The average molecular weight is 450 g/mol. The lowest BCUT2D eigenvalue weighted by Crippen LogP contribution is -2.05. The molecule has 0 unspecified atom stereocenters. The molecule has 2 aromatic heterocycles. The number of rotatable bonds is 7. The van der Waals surface area contributed by atoms with E-state index < -0.39 is 9.84 Å². The Labute approximate surface area is 186 Å². The van der Waals surface area contributed by atoms with Crippen LogP contribution >= 0.6 is 0 Å². The van der Waals surface area contributed by atoms with Crippen LogP contribution < -0.4 is 4.74 Å². The fourth-order valence-corrected chi connectivity index (χ4v) is 5.15. The van der Waals surface area contributed by atoms with Gasteiger partial charge >= 0.3 is 0 Å². The lowest BCUT2D eigenvalue weighted by molar-refractivity contribution is 0.0982. The zero-order chi connectivity index (χ0) is 22.9. The third-order valence-corrected chi connectivity index (χ3v) is 7.14. The Kier molecular flexibility index (Phi) is 5.80. The first-order valence-corrected chi connectivity index (χ1v) is 11.6. The van der Waals surface area contributed by atoms with Crippen LogP contribution in [-0.2, 0) is 16.3 Å². The van der Waals surface area contributed by atoms with Crippen molar-refractivity contribution >= 4 is 21.4 Å². The summed E-state index contributed by atoms with van der Waals surface area (Å²) >= 11 is 0. The van der Waals surface area contributed by atoms with Crippen molar-refractivity contribution in [3.63, 3.8) is 0 Å². The van der Waals surface area contributed by atoms with Crippen molar-refractivity contribution in [1.82, 2.24) is 14.4 Å². The summed E-state index contributed by atoms with van der Waals surface area (Å²) in [5.74, 6) is 1.20. The summed E-state index contributed by atoms with van der Waals surface area (Å²) in [5.41, 5.74) is 2.94. The van der Waals surface area contributed by atoms with Gasteiger partial charge in [0.25, 0.3) is 0 Å². The Morgan fingerprint density at radius 3 is 2.38 bits per heavy atom. The van der Waals surface area contributed by atoms with Gasteiger partial charge in [-0.2, -0.15) is 0 Å². The molecule has 0 spiro atoms. The summed E-state index contributed by atoms with van der Waals surface area (Å²) in [7, 11) is -2.09. The number of carbonyl (C=O) groups is 1. The van der Waals surface area contributed by atoms with E-state index in [1.807, 2.05) is 13.8 Å². The summed E-state index contributed by atoms with van der Waals surface area (Å²) in [6.07, 6.45) is 7.41. The van der Waals surface area contributed by atoms with Crippen LogP contribution in [0.15, 0.2) is 71.0 Å². The molecular weight excluding hydrogens is 426 g/mol. The molecule has 0 aliphatic heterocycles. The summed E-state index contributed by atoms with van der Waals surface area (Å²) in [6.45, 7) is 3.65. The van der Waals surface area contributed by atoms with Gasteiger partial charge in [0.05, 0.1) is 22.5 Å². The van der Waals surface area contributed by atoms with E-state index in [9.17, 15) is 13.2 Å². The standard InChI is InChI=1S/C24H23N3O4S/c1-16-12-21(13-17(2)23(16)31-3)32(29,30)20-7-4-18(5-8-20)6-9-22(28)19-14-26-24-25-10-11-27(24)15-19/h4-5,7-8,10-15H,6,9H2,1-3H3. The molecule has 0 fully saturated rings. The van der Waals surface area contributed by atoms with Gasteiger partial charge in [-0.15, -0.1) is 0 Å². The number of sulfone groups is 1. The maximum absolute atomic E-state index is 13.1. The molecule has 8 heteroatoms. The van der Waals surface area contributed by atoms with Crippen molar-refractivity contribution in [3.8, 4) is 5.75 Å². The second-order valence-electron chi connectivity index (χ2n) is 7.64. The number of fused-ring (bicyclic) bond motifs is 1. The predicted molar refractivity (Wildman–Crippen MR) is 120 cm³/mol. The number of benzene rings is 2. The Balaban J connectivity index is 1.48. The number of nitrogens with zero attached hydrogens (tertiary/aromatic N) is 3. The number of hydrogen-bond acceptors (Lipinski definition) is 6. The highest BCUT2D eigenvalue weighted by Gasteiger charge is 2.20. The molecule has 0 N–H and O–H groups in total. The first-order valence-electron chi connectivity index (χ1n) is 10.1. The largest absolute Gasteiger partial charge is 0.496 e. The molecule has 164 valence electrons. The van der Waals surface area contributed by atoms with Crippen LogP contribution in [0.3, 0.4) is 0 Å². The Bertz CT molecular complexity index is 1380. The van der Waals surface area contributed by atoms with E-state index in [4.69, 9.17) is 4.74 Å². The molecule has 4 rings (SSSR count). The van der Waals surface area contributed by atoms with Gasteiger partial charge in [-0.25, -0.2) is 18.4 Å². The number of aryl methyl sites for hydroxylation is 3. The van der Waals surface area contributed by atoms with Crippen molar-refractivity contribution in [3.05, 3.63) is 83.4 Å². The normalized spacial score (nSPS) is 11.6. The van der Waals surface area contributed by atoms with Crippen molar-refractivity contribution in [2.24, 2.45) is 0 Å². The minimum atomic E-state index is -3.65. The first kappa shape index (κ1) is 21.7. The van der Waals surface area contributed by atoms with E-state index in [1.165, 1.54) is 6.20 Å². The third kappa shape index (κ3) is 4.13. The van der Waals surface area contributed by atoms with E-state index >= 15 is 0 Å². The van der Waals surface area contributed by atoms with Crippen LogP contribution in [0.4, 0.5) is 0 Å². The van der Waals surface area contributed by atoms with Crippen LogP contribution in [0, 0.1) is 13.8 Å². The van der Waals surface area contributed by atoms with Gasteiger partial charge < -0.3 is 4.74 Å². The minimum absolute atomic E-state index is 0.0334. The molecular formula is C24H23N3O4S. The molecule has 0 aliphatic carbocycles. The van der Waals surface area contributed by atoms with Gasteiger partial charge in [0.15, 0.2) is 5.78 Å². The summed E-state index contributed by atoms with van der Waals surface area (Å²) < 4.78 is 33.2. The van der Waals surface area contributed by atoms with E-state index in [0.717, 1.165) is 16.7 Å². The number of imidazole rings is 1. The molecule has 0 atom stereocenters. The number of Topliss-reactive ketones (excluding diaryl/α,β-unsaturated/α-hetero) is 1. The van der Waals surface area contributed by atoms with Crippen molar-refractivity contribution in [1.29, 1.82) is 0 Å². The van der Waals surface area contributed by atoms with Crippen molar-refractivity contribution in [2.45, 2.75) is 36.5 Å². The second-order valence-corrected chi connectivity index (χ2v) is 9.59. The highest BCUT2D eigenvalue weighted by Crippen LogP contribution is 2.29. The molecule has 0 amide bonds. The van der Waals surface area contributed by atoms with Gasteiger partial charge in [0.1, 0.15) is 5.75 Å². The zero-order valence-electron chi connectivity index (χ0n) is 18.1. The SMILES string of the molecule is COc1c(C)cc(S(=O)(=O)c2ccc(CCC(=O)c3cnc4nccn4c3)cc2)cc1C. The number of ketones is 1. The Hall–Kier alpha value is -3.52. The highest BCUT2D eigenvalue weighted by molar-refractivity contribution is 7.91. The number of methoxy groups -OCH3 is 1. The van der Waals surface area contributed by atoms with Crippen LogP contribution in [0.5, 0.6) is 5.75 Å². The van der Waals surface area contributed by atoms with Crippen LogP contribution in [0.1, 0.15) is 33.5 Å². The second kappa shape index (κ2) is 8.55.